The van der Waals surface area contributed by atoms with E-state index in [1.54, 1.807) is 0 Å². The average Bonchev–Trinajstić information content (AvgIpc) is 2.75. The molecule has 0 aliphatic carbocycles. The molecule has 0 radical (unpaired) electrons. The predicted octanol–water partition coefficient (Wildman–Crippen LogP) is 1.72. The molecule has 0 saturated carbocycles. The third kappa shape index (κ3) is 4.33. The Morgan fingerprint density at radius 2 is 2.24 bits per heavy atom. The van der Waals surface area contributed by atoms with Crippen LogP contribution in [0.2, 0.25) is 0 Å². The van der Waals surface area contributed by atoms with E-state index in [4.69, 9.17) is 4.52 Å². The van der Waals surface area contributed by atoms with Gasteiger partial charge in [-0.1, -0.05) is 19.0 Å². The molecule has 1 aliphatic heterocycles. The van der Waals surface area contributed by atoms with Crippen molar-refractivity contribution in [3.63, 3.8) is 0 Å². The van der Waals surface area contributed by atoms with Gasteiger partial charge in [-0.15, -0.1) is 0 Å². The summed E-state index contributed by atoms with van der Waals surface area (Å²) < 4.78 is 5.36. The molecule has 1 aromatic rings. The zero-order valence-electron chi connectivity index (χ0n) is 10.6. The zero-order chi connectivity index (χ0) is 12.1. The van der Waals surface area contributed by atoms with Gasteiger partial charge in [0.15, 0.2) is 5.76 Å². The fourth-order valence-corrected chi connectivity index (χ4v) is 2.78. The lowest BCUT2D eigenvalue weighted by atomic mass is 10.3. The van der Waals surface area contributed by atoms with Crippen LogP contribution in [0, 0.1) is 0 Å². The van der Waals surface area contributed by atoms with Crippen molar-refractivity contribution in [1.82, 2.24) is 15.4 Å². The first-order valence-corrected chi connectivity index (χ1v) is 7.37. The lowest BCUT2D eigenvalue weighted by Crippen LogP contribution is -2.31. The van der Waals surface area contributed by atoms with Gasteiger partial charge in [0.2, 0.25) is 0 Å². The van der Waals surface area contributed by atoms with Gasteiger partial charge in [0.1, 0.15) is 0 Å². The van der Waals surface area contributed by atoms with Gasteiger partial charge < -0.3 is 9.84 Å². The van der Waals surface area contributed by atoms with Crippen molar-refractivity contribution < 1.29 is 4.52 Å². The SMILES string of the molecule is CC(C)NCc1cc(CN2CCSCC2)on1. The Balaban J connectivity index is 1.80. The molecule has 0 spiro atoms. The second kappa shape index (κ2) is 6.42. The van der Waals surface area contributed by atoms with Gasteiger partial charge in [0.05, 0.1) is 12.2 Å². The number of nitrogens with one attached hydrogen (secondary N) is 1. The number of thioether (sulfide) groups is 1. The number of hydrogen-bond acceptors (Lipinski definition) is 5. The highest BCUT2D eigenvalue weighted by Crippen LogP contribution is 2.13. The Bertz CT molecular complexity index is 334. The van der Waals surface area contributed by atoms with Gasteiger partial charge in [-0.3, -0.25) is 4.90 Å². The Kier molecular flexibility index (Phi) is 4.88. The topological polar surface area (TPSA) is 41.3 Å². The normalized spacial score (nSPS) is 17.8. The summed E-state index contributed by atoms with van der Waals surface area (Å²) in [6.07, 6.45) is 0. The standard InChI is InChI=1S/C12H21N3OS/c1-10(2)13-8-11-7-12(16-14-11)9-15-3-5-17-6-4-15/h7,10,13H,3-6,8-9H2,1-2H3. The first-order valence-electron chi connectivity index (χ1n) is 6.22. The van der Waals surface area contributed by atoms with E-state index in [1.807, 2.05) is 11.8 Å². The monoisotopic (exact) mass is 255 g/mol. The summed E-state index contributed by atoms with van der Waals surface area (Å²) >= 11 is 2.03. The van der Waals surface area contributed by atoms with Crippen LogP contribution in [0.4, 0.5) is 0 Å². The third-order valence-electron chi connectivity index (χ3n) is 2.78. The predicted molar refractivity (Wildman–Crippen MR) is 71.1 cm³/mol. The van der Waals surface area contributed by atoms with E-state index >= 15 is 0 Å². The summed E-state index contributed by atoms with van der Waals surface area (Å²) in [5.74, 6) is 3.45. The number of aromatic nitrogens is 1. The molecule has 0 amide bonds. The molecule has 0 aromatic carbocycles. The van der Waals surface area contributed by atoms with Crippen LogP contribution >= 0.6 is 11.8 Å². The number of nitrogens with zero attached hydrogens (tertiary/aromatic N) is 2. The minimum atomic E-state index is 0.481. The highest BCUT2D eigenvalue weighted by molar-refractivity contribution is 7.99. The molecule has 17 heavy (non-hydrogen) atoms. The second-order valence-corrected chi connectivity index (χ2v) is 5.93. The van der Waals surface area contributed by atoms with Crippen molar-refractivity contribution in [3.8, 4) is 0 Å². The Labute approximate surface area is 107 Å². The summed E-state index contributed by atoms with van der Waals surface area (Å²) in [6.45, 7) is 8.26. The molecule has 0 unspecified atom stereocenters. The maximum absolute atomic E-state index is 5.36. The highest BCUT2D eigenvalue weighted by Gasteiger charge is 2.13. The minimum Gasteiger partial charge on any atom is -0.360 e. The van der Waals surface area contributed by atoms with Crippen molar-refractivity contribution in [2.75, 3.05) is 24.6 Å². The minimum absolute atomic E-state index is 0.481. The summed E-state index contributed by atoms with van der Waals surface area (Å²) in [5.41, 5.74) is 1.00. The van der Waals surface area contributed by atoms with Gasteiger partial charge in [0, 0.05) is 43.2 Å². The lowest BCUT2D eigenvalue weighted by Gasteiger charge is -2.24. The quantitative estimate of drug-likeness (QED) is 0.867. The van der Waals surface area contributed by atoms with E-state index in [1.165, 1.54) is 11.5 Å². The van der Waals surface area contributed by atoms with Gasteiger partial charge in [-0.2, -0.15) is 11.8 Å². The van der Waals surface area contributed by atoms with Crippen LogP contribution in [-0.4, -0.2) is 40.7 Å². The van der Waals surface area contributed by atoms with Crippen LogP contribution in [-0.2, 0) is 13.1 Å². The molecule has 96 valence electrons. The van der Waals surface area contributed by atoms with E-state index in [0.717, 1.165) is 37.6 Å². The molecule has 5 heteroatoms. The zero-order valence-corrected chi connectivity index (χ0v) is 11.4. The summed E-state index contributed by atoms with van der Waals surface area (Å²) in [6, 6.07) is 2.55. The van der Waals surface area contributed by atoms with Crippen LogP contribution in [0.1, 0.15) is 25.3 Å². The molecule has 2 rings (SSSR count). The summed E-state index contributed by atoms with van der Waals surface area (Å²) in [7, 11) is 0. The Morgan fingerprint density at radius 3 is 2.94 bits per heavy atom. The van der Waals surface area contributed by atoms with Crippen molar-refractivity contribution >= 4 is 11.8 Å². The van der Waals surface area contributed by atoms with Crippen LogP contribution in [0.25, 0.3) is 0 Å². The first-order chi connectivity index (χ1) is 8.24. The fraction of sp³-hybridized carbons (Fsp3) is 0.750. The molecule has 4 nitrogen and oxygen atoms in total. The van der Waals surface area contributed by atoms with E-state index in [0.29, 0.717) is 6.04 Å². The fourth-order valence-electron chi connectivity index (χ4n) is 1.80. The largest absolute Gasteiger partial charge is 0.360 e. The van der Waals surface area contributed by atoms with Gasteiger partial charge >= 0.3 is 0 Å². The van der Waals surface area contributed by atoms with Crippen LogP contribution < -0.4 is 5.32 Å². The maximum atomic E-state index is 5.36. The van der Waals surface area contributed by atoms with Crippen molar-refractivity contribution in [1.29, 1.82) is 0 Å². The van der Waals surface area contributed by atoms with E-state index in [2.05, 4.69) is 35.3 Å². The van der Waals surface area contributed by atoms with Gasteiger partial charge in [0.25, 0.3) is 0 Å². The number of rotatable bonds is 5. The smallest absolute Gasteiger partial charge is 0.151 e. The van der Waals surface area contributed by atoms with Crippen LogP contribution in [0.5, 0.6) is 0 Å². The molecular weight excluding hydrogens is 234 g/mol. The summed E-state index contributed by atoms with van der Waals surface area (Å²) in [4.78, 5) is 2.43. The molecule has 1 fully saturated rings. The molecule has 1 saturated heterocycles. The summed E-state index contributed by atoms with van der Waals surface area (Å²) in [5, 5.41) is 7.42. The molecule has 1 N–H and O–H groups in total. The second-order valence-electron chi connectivity index (χ2n) is 4.71. The van der Waals surface area contributed by atoms with Crippen LogP contribution in [0.15, 0.2) is 10.6 Å². The highest BCUT2D eigenvalue weighted by atomic mass is 32.2. The van der Waals surface area contributed by atoms with Crippen molar-refractivity contribution in [2.24, 2.45) is 0 Å². The van der Waals surface area contributed by atoms with E-state index in [-0.39, 0.29) is 0 Å². The van der Waals surface area contributed by atoms with E-state index in [9.17, 15) is 0 Å². The maximum Gasteiger partial charge on any atom is 0.151 e. The number of hydrogen-bond donors (Lipinski definition) is 1. The lowest BCUT2D eigenvalue weighted by molar-refractivity contribution is 0.250. The van der Waals surface area contributed by atoms with Crippen molar-refractivity contribution in [2.45, 2.75) is 33.0 Å². The average molecular weight is 255 g/mol. The third-order valence-corrected chi connectivity index (χ3v) is 3.72. The molecule has 1 aromatic heterocycles. The molecule has 0 bridgehead atoms. The van der Waals surface area contributed by atoms with Gasteiger partial charge in [-0.25, -0.2) is 0 Å². The van der Waals surface area contributed by atoms with E-state index < -0.39 is 0 Å². The molecular formula is C12H21N3OS. The van der Waals surface area contributed by atoms with Crippen LogP contribution in [0.3, 0.4) is 0 Å². The van der Waals surface area contributed by atoms with Crippen molar-refractivity contribution in [3.05, 3.63) is 17.5 Å². The molecule has 0 atom stereocenters. The first kappa shape index (κ1) is 12.9. The molecule has 1 aliphatic rings. The van der Waals surface area contributed by atoms with Gasteiger partial charge in [-0.05, 0) is 0 Å². The Morgan fingerprint density at radius 1 is 1.47 bits per heavy atom. The molecule has 2 heterocycles. The Hall–Kier alpha value is -0.520.